The van der Waals surface area contributed by atoms with E-state index in [4.69, 9.17) is 51.0 Å². The van der Waals surface area contributed by atoms with Crippen LogP contribution in [0.25, 0.3) is 9.69 Å². The number of ether oxygens (including phenoxy) is 2. The lowest BCUT2D eigenvalue weighted by atomic mass is 9.87. The predicted molar refractivity (Wildman–Crippen MR) is 246 cm³/mol. The first-order valence-corrected chi connectivity index (χ1v) is 21.5. The fourth-order valence-corrected chi connectivity index (χ4v) is 6.96. The predicted octanol–water partition coefficient (Wildman–Crippen LogP) is 12.3. The Morgan fingerprint density at radius 2 is 1.26 bits per heavy atom. The highest BCUT2D eigenvalue weighted by Gasteiger charge is 2.16. The van der Waals surface area contributed by atoms with E-state index in [1.165, 1.54) is 34.9 Å². The van der Waals surface area contributed by atoms with E-state index < -0.39 is 10.0 Å². The smallest absolute Gasteiger partial charge is 0.310 e. The van der Waals surface area contributed by atoms with E-state index >= 15 is 0 Å². The fourth-order valence-electron chi connectivity index (χ4n) is 5.92. The van der Waals surface area contributed by atoms with Crippen molar-refractivity contribution in [3.8, 4) is 11.5 Å². The highest BCUT2D eigenvalue weighted by Crippen LogP contribution is 2.34. The van der Waals surface area contributed by atoms with Crippen LogP contribution in [0.5, 0.6) is 11.5 Å². The van der Waals surface area contributed by atoms with E-state index in [1.807, 2.05) is 39.0 Å². The van der Waals surface area contributed by atoms with Gasteiger partial charge in [0.15, 0.2) is 11.4 Å². The number of esters is 1. The van der Waals surface area contributed by atoms with Crippen LogP contribution >= 0.6 is 23.2 Å². The van der Waals surface area contributed by atoms with Crippen LogP contribution in [0.15, 0.2) is 83.8 Å². The van der Waals surface area contributed by atoms with Crippen LogP contribution in [0.2, 0.25) is 10.0 Å². The summed E-state index contributed by atoms with van der Waals surface area (Å²) in [6, 6.07) is 22.3. The van der Waals surface area contributed by atoms with E-state index in [9.17, 15) is 18.0 Å². The van der Waals surface area contributed by atoms with Gasteiger partial charge in [0.2, 0.25) is 15.9 Å². The van der Waals surface area contributed by atoms with Crippen molar-refractivity contribution in [1.82, 2.24) is 0 Å². The monoisotopic (exact) mass is 882 g/mol. The minimum Gasteiger partial charge on any atom is -0.466 e. The molecule has 0 bridgehead atoms. The number of halogens is 2. The molecule has 320 valence electrons. The highest BCUT2D eigenvalue weighted by atomic mass is 35.5. The maximum Gasteiger partial charge on any atom is 0.310 e. The average Bonchev–Trinajstić information content (AvgIpc) is 3.16. The van der Waals surface area contributed by atoms with Crippen LogP contribution in [0.3, 0.4) is 0 Å². The number of carbonyl (C=O) groups is 2. The van der Waals surface area contributed by atoms with Crippen molar-refractivity contribution in [2.75, 3.05) is 11.9 Å². The molecule has 5 aromatic rings. The highest BCUT2D eigenvalue weighted by molar-refractivity contribution is 7.89. The summed E-state index contributed by atoms with van der Waals surface area (Å²) in [6.07, 6.45) is 0.451. The van der Waals surface area contributed by atoms with Gasteiger partial charge in [0, 0.05) is 15.7 Å². The van der Waals surface area contributed by atoms with Gasteiger partial charge in [-0.3, -0.25) is 9.59 Å². The molecule has 13 heteroatoms. The van der Waals surface area contributed by atoms with Gasteiger partial charge < -0.3 is 14.8 Å². The average molecular weight is 884 g/mol. The zero-order valence-corrected chi connectivity index (χ0v) is 38.5. The first kappa shape index (κ1) is 49.7. The Morgan fingerprint density at radius 3 is 1.79 bits per heavy atom. The number of nitrogens with one attached hydrogen (secondary N) is 1. The third-order valence-corrected chi connectivity index (χ3v) is 10.9. The molecule has 0 aliphatic heterocycles. The van der Waals surface area contributed by atoms with Crippen molar-refractivity contribution in [1.29, 1.82) is 0 Å². The molecule has 0 saturated heterocycles. The molecule has 10 nitrogen and oxygen atoms in total. The maximum absolute atomic E-state index is 12.7. The van der Waals surface area contributed by atoms with Crippen molar-refractivity contribution in [2.45, 2.75) is 92.4 Å². The van der Waals surface area contributed by atoms with Gasteiger partial charge in [-0.05, 0) is 153 Å². The van der Waals surface area contributed by atoms with Crippen LogP contribution in [0.1, 0.15) is 77.8 Å². The minimum atomic E-state index is -3.82. The van der Waals surface area contributed by atoms with Gasteiger partial charge in [-0.25, -0.2) is 23.2 Å². The Balaban J connectivity index is 0.000000291. The SMILES string of the molecule is CCOC(=O)Cc1cc(C)c(C)c(C)c1.[C-]#[N+]c1cc(Cl)cc(C(C)(C)C)c1.[C-]#[N+]c1cc(Cl)cc(Oc2cc(CC(=O)Nc3ccc(S(N)(=O)=O)cc3C)cc(C)c2C)c1. The molecule has 61 heavy (non-hydrogen) atoms. The van der Waals surface area contributed by atoms with Crippen molar-refractivity contribution in [3.05, 3.63) is 162 Å². The minimum absolute atomic E-state index is 0.0173. The number of rotatable bonds is 9. The summed E-state index contributed by atoms with van der Waals surface area (Å²) in [6.45, 7) is 34.4. The lowest BCUT2D eigenvalue weighted by molar-refractivity contribution is -0.142. The fraction of sp³-hybridized carbons (Fsp3) is 0.292. The zero-order chi connectivity index (χ0) is 45.8. The quantitative estimate of drug-likeness (QED) is 0.112. The summed E-state index contributed by atoms with van der Waals surface area (Å²) in [5, 5.41) is 8.98. The lowest BCUT2D eigenvalue weighted by Crippen LogP contribution is -2.16. The van der Waals surface area contributed by atoms with E-state index in [-0.39, 0.29) is 28.6 Å². The van der Waals surface area contributed by atoms with Gasteiger partial charge in [0.25, 0.3) is 0 Å². The number of sulfonamides is 1. The van der Waals surface area contributed by atoms with Gasteiger partial charge in [0.05, 0.1) is 37.5 Å². The molecule has 0 heterocycles. The van der Waals surface area contributed by atoms with Gasteiger partial charge >= 0.3 is 5.97 Å². The van der Waals surface area contributed by atoms with E-state index in [2.05, 4.69) is 68.7 Å². The topological polar surface area (TPSA) is 134 Å². The second-order valence-corrected chi connectivity index (χ2v) is 18.0. The van der Waals surface area contributed by atoms with E-state index in [0.717, 1.165) is 27.8 Å². The van der Waals surface area contributed by atoms with Crippen molar-refractivity contribution in [3.63, 3.8) is 0 Å². The zero-order valence-electron chi connectivity index (χ0n) is 36.2. The molecular weight excluding hydrogens is 832 g/mol. The number of benzene rings is 5. The Bertz CT molecular complexity index is 2600. The third-order valence-electron chi connectivity index (χ3n) is 9.58. The van der Waals surface area contributed by atoms with Crippen LogP contribution in [0, 0.1) is 54.7 Å². The van der Waals surface area contributed by atoms with Crippen LogP contribution in [-0.2, 0) is 42.6 Å². The molecule has 0 fully saturated rings. The number of aryl methyl sites for hydroxylation is 4. The first-order chi connectivity index (χ1) is 28.4. The molecule has 0 aliphatic rings. The summed E-state index contributed by atoms with van der Waals surface area (Å²) >= 11 is 12.0. The second-order valence-electron chi connectivity index (χ2n) is 15.5. The summed E-state index contributed by atoms with van der Waals surface area (Å²) in [7, 11) is -3.82. The largest absolute Gasteiger partial charge is 0.466 e. The molecular formula is C48H52Cl2N4O6S. The van der Waals surface area contributed by atoms with Crippen molar-refractivity contribution in [2.24, 2.45) is 5.14 Å². The van der Waals surface area contributed by atoms with Gasteiger partial charge in [-0.15, -0.1) is 0 Å². The Labute approximate surface area is 370 Å². The molecule has 5 aromatic carbocycles. The number of amides is 1. The van der Waals surface area contributed by atoms with Gasteiger partial charge in [0.1, 0.15) is 11.5 Å². The summed E-state index contributed by atoms with van der Waals surface area (Å²) < 4.78 is 33.9. The lowest BCUT2D eigenvalue weighted by Gasteiger charge is -2.19. The molecule has 0 spiro atoms. The molecule has 0 saturated carbocycles. The first-order valence-electron chi connectivity index (χ1n) is 19.2. The third kappa shape index (κ3) is 15.4. The van der Waals surface area contributed by atoms with Crippen LogP contribution in [-0.4, -0.2) is 26.9 Å². The standard InChI is InChI=1S/C24H22ClN3O4S.C13H18O2.C11H12ClN/c1-14-7-17(9-23(16(14)3)32-20-12-18(25)11-19(13-20)27-4)10-24(29)28-22-6-5-21(8-15(22)2)33(26,30)31;1-5-15-13(14)8-12-6-9(2)11(4)10(3)7-12;1-11(2,3)8-5-9(12)7-10(6-8)13-4/h5-9,11-13H,10H2,1-3H3,(H,28,29)(H2,26,30,31);6-7H,5,8H2,1-4H3;5-7H,1-3H3. The molecule has 3 N–H and O–H groups in total. The van der Waals surface area contributed by atoms with Crippen molar-refractivity contribution < 1.29 is 27.5 Å². The number of primary sulfonamides is 1. The normalized spacial score (nSPS) is 10.8. The van der Waals surface area contributed by atoms with E-state index in [0.29, 0.717) is 57.2 Å². The maximum atomic E-state index is 12.7. The molecule has 0 radical (unpaired) electrons. The number of hydrogen-bond donors (Lipinski definition) is 2. The van der Waals surface area contributed by atoms with Gasteiger partial charge in [-0.1, -0.05) is 73.8 Å². The number of nitrogens with two attached hydrogens (primary N) is 1. The van der Waals surface area contributed by atoms with Crippen LogP contribution < -0.4 is 15.2 Å². The summed E-state index contributed by atoms with van der Waals surface area (Å²) in [4.78, 5) is 30.7. The number of hydrogen-bond acceptors (Lipinski definition) is 6. The molecule has 0 aromatic heterocycles. The number of carbonyl (C=O) groups excluding carboxylic acids is 2. The Kier molecular flexibility index (Phi) is 17.7. The Hall–Kier alpha value is -5.69. The van der Waals surface area contributed by atoms with Crippen LogP contribution in [0.4, 0.5) is 17.1 Å². The summed E-state index contributed by atoms with van der Waals surface area (Å²) in [5.74, 6) is 0.571. The Morgan fingerprint density at radius 1 is 0.721 bits per heavy atom. The van der Waals surface area contributed by atoms with Gasteiger partial charge in [-0.2, -0.15) is 0 Å². The molecule has 5 rings (SSSR count). The van der Waals surface area contributed by atoms with E-state index in [1.54, 1.807) is 37.3 Å². The second kappa shape index (κ2) is 21.7. The molecule has 0 aliphatic carbocycles. The molecule has 0 unspecified atom stereocenters. The number of anilines is 1. The summed E-state index contributed by atoms with van der Waals surface area (Å²) in [5.41, 5.74) is 10.6. The molecule has 1 amide bonds. The molecule has 0 atom stereocenters. The van der Waals surface area contributed by atoms with Crippen molar-refractivity contribution >= 4 is 62.2 Å². The number of nitrogens with zero attached hydrogens (tertiary/aromatic N) is 2.